The first-order chi connectivity index (χ1) is 12.5. The van der Waals surface area contributed by atoms with Gasteiger partial charge in [0, 0.05) is 25.2 Å². The fourth-order valence-corrected chi connectivity index (χ4v) is 2.53. The molecule has 0 radical (unpaired) electrons. The third-order valence-electron chi connectivity index (χ3n) is 3.71. The van der Waals surface area contributed by atoms with E-state index in [1.165, 1.54) is 18.2 Å². The minimum Gasteiger partial charge on any atom is -0.357 e. The molecule has 0 aliphatic carbocycles. The summed E-state index contributed by atoms with van der Waals surface area (Å²) < 4.78 is 27.1. The lowest BCUT2D eigenvalue weighted by Gasteiger charge is -2.14. The topological polar surface area (TPSA) is 39.7 Å². The van der Waals surface area contributed by atoms with Crippen molar-refractivity contribution in [2.45, 2.75) is 26.6 Å². The smallest absolute Gasteiger partial charge is 0.191 e. The largest absolute Gasteiger partial charge is 0.357 e. The van der Waals surface area contributed by atoms with Gasteiger partial charge in [0.05, 0.1) is 6.54 Å². The highest BCUT2D eigenvalue weighted by molar-refractivity contribution is 5.79. The summed E-state index contributed by atoms with van der Waals surface area (Å²) in [4.78, 5) is 6.40. The molecule has 2 rings (SSSR count). The van der Waals surface area contributed by atoms with Gasteiger partial charge < -0.3 is 15.5 Å². The number of halogens is 2. The van der Waals surface area contributed by atoms with E-state index in [1.807, 2.05) is 38.1 Å². The van der Waals surface area contributed by atoms with Gasteiger partial charge in [0.1, 0.15) is 11.6 Å². The number of aliphatic imine (C=N–C) groups is 1. The Morgan fingerprint density at radius 1 is 1.04 bits per heavy atom. The third kappa shape index (κ3) is 6.44. The molecule has 0 aliphatic heterocycles. The molecule has 140 valence electrons. The summed E-state index contributed by atoms with van der Waals surface area (Å²) >= 11 is 0. The zero-order chi connectivity index (χ0) is 18.9. The highest BCUT2D eigenvalue weighted by Crippen LogP contribution is 2.12. The Hall–Kier alpha value is -2.47. The summed E-state index contributed by atoms with van der Waals surface area (Å²) in [7, 11) is 3.82. The van der Waals surface area contributed by atoms with Gasteiger partial charge in [-0.05, 0) is 56.4 Å². The van der Waals surface area contributed by atoms with Gasteiger partial charge in [0.15, 0.2) is 5.96 Å². The van der Waals surface area contributed by atoms with Crippen LogP contribution in [-0.4, -0.2) is 31.5 Å². The molecule has 2 aromatic carbocycles. The van der Waals surface area contributed by atoms with Crippen LogP contribution in [0.15, 0.2) is 47.5 Å². The predicted molar refractivity (Wildman–Crippen MR) is 102 cm³/mol. The molecule has 4 nitrogen and oxygen atoms in total. The van der Waals surface area contributed by atoms with Crippen molar-refractivity contribution in [1.29, 1.82) is 0 Å². The highest BCUT2D eigenvalue weighted by Gasteiger charge is 2.06. The maximum Gasteiger partial charge on any atom is 0.191 e. The molecule has 2 aromatic rings. The van der Waals surface area contributed by atoms with Gasteiger partial charge in [-0.25, -0.2) is 13.8 Å². The lowest BCUT2D eigenvalue weighted by molar-refractivity contribution is 0.392. The molecule has 26 heavy (non-hydrogen) atoms. The van der Waals surface area contributed by atoms with Crippen molar-refractivity contribution in [3.63, 3.8) is 0 Å². The Morgan fingerprint density at radius 3 is 2.54 bits per heavy atom. The van der Waals surface area contributed by atoms with Gasteiger partial charge in [-0.15, -0.1) is 0 Å². The summed E-state index contributed by atoms with van der Waals surface area (Å²) in [6.07, 6.45) is 0. The van der Waals surface area contributed by atoms with Crippen LogP contribution in [0.3, 0.4) is 0 Å². The molecule has 0 heterocycles. The van der Waals surface area contributed by atoms with Crippen molar-refractivity contribution < 1.29 is 8.78 Å². The van der Waals surface area contributed by atoms with Crippen LogP contribution >= 0.6 is 0 Å². The van der Waals surface area contributed by atoms with Crippen LogP contribution in [0.4, 0.5) is 8.78 Å². The van der Waals surface area contributed by atoms with E-state index in [0.717, 1.165) is 11.1 Å². The van der Waals surface area contributed by atoms with Gasteiger partial charge in [-0.3, -0.25) is 0 Å². The van der Waals surface area contributed by atoms with Crippen LogP contribution in [0.5, 0.6) is 0 Å². The van der Waals surface area contributed by atoms with E-state index in [1.54, 1.807) is 12.1 Å². The molecule has 0 bridgehead atoms. The Bertz CT molecular complexity index is 744. The SMILES string of the molecule is CCNC(=NCc1cccc(F)c1)NCc1ccc(F)c(CN(C)C)c1. The first-order valence-electron chi connectivity index (χ1n) is 8.66. The molecule has 0 aliphatic rings. The third-order valence-corrected chi connectivity index (χ3v) is 3.71. The molecular formula is C20H26F2N4. The molecule has 0 spiro atoms. The monoisotopic (exact) mass is 360 g/mol. The quantitative estimate of drug-likeness (QED) is 0.588. The summed E-state index contributed by atoms with van der Waals surface area (Å²) in [6, 6.07) is 11.5. The van der Waals surface area contributed by atoms with Crippen molar-refractivity contribution in [3.8, 4) is 0 Å². The second-order valence-corrected chi connectivity index (χ2v) is 6.34. The van der Waals surface area contributed by atoms with Crippen molar-refractivity contribution in [2.75, 3.05) is 20.6 Å². The van der Waals surface area contributed by atoms with Crippen LogP contribution in [0.1, 0.15) is 23.6 Å². The second-order valence-electron chi connectivity index (χ2n) is 6.34. The summed E-state index contributed by atoms with van der Waals surface area (Å²) in [5, 5.41) is 6.39. The summed E-state index contributed by atoms with van der Waals surface area (Å²) in [5.41, 5.74) is 2.44. The summed E-state index contributed by atoms with van der Waals surface area (Å²) in [6.45, 7) is 4.14. The van der Waals surface area contributed by atoms with Crippen molar-refractivity contribution in [1.82, 2.24) is 15.5 Å². The van der Waals surface area contributed by atoms with Gasteiger partial charge in [-0.2, -0.15) is 0 Å². The van der Waals surface area contributed by atoms with E-state index in [4.69, 9.17) is 0 Å². The first kappa shape index (κ1) is 19.8. The summed E-state index contributed by atoms with van der Waals surface area (Å²) in [5.74, 6) is 0.166. The number of rotatable bonds is 7. The van der Waals surface area contributed by atoms with Crippen molar-refractivity contribution in [3.05, 3.63) is 70.8 Å². The van der Waals surface area contributed by atoms with E-state index in [-0.39, 0.29) is 11.6 Å². The van der Waals surface area contributed by atoms with Gasteiger partial charge in [0.25, 0.3) is 0 Å². The number of nitrogens with zero attached hydrogens (tertiary/aromatic N) is 2. The highest BCUT2D eigenvalue weighted by atomic mass is 19.1. The van der Waals surface area contributed by atoms with Crippen molar-refractivity contribution >= 4 is 5.96 Å². The number of hydrogen-bond acceptors (Lipinski definition) is 2. The number of guanidine groups is 1. The molecule has 0 atom stereocenters. The minimum absolute atomic E-state index is 0.200. The standard InChI is InChI=1S/C20H26F2N4/c1-4-23-20(24-12-15-6-5-7-18(21)11-15)25-13-16-8-9-19(22)17(10-16)14-26(2)3/h5-11H,4,12-14H2,1-3H3,(H2,23,24,25). The van der Waals surface area contributed by atoms with E-state index < -0.39 is 0 Å². The Morgan fingerprint density at radius 2 is 1.85 bits per heavy atom. The van der Waals surface area contributed by atoms with E-state index >= 15 is 0 Å². The number of nitrogens with one attached hydrogen (secondary N) is 2. The van der Waals surface area contributed by atoms with E-state index in [0.29, 0.717) is 37.7 Å². The second kappa shape index (κ2) is 9.87. The van der Waals surface area contributed by atoms with Gasteiger partial charge >= 0.3 is 0 Å². The van der Waals surface area contributed by atoms with E-state index in [2.05, 4.69) is 15.6 Å². The molecule has 0 unspecified atom stereocenters. The van der Waals surface area contributed by atoms with E-state index in [9.17, 15) is 8.78 Å². The van der Waals surface area contributed by atoms with Gasteiger partial charge in [0.2, 0.25) is 0 Å². The lowest BCUT2D eigenvalue weighted by atomic mass is 10.1. The van der Waals surface area contributed by atoms with Crippen LogP contribution in [-0.2, 0) is 19.6 Å². The lowest BCUT2D eigenvalue weighted by Crippen LogP contribution is -2.36. The fourth-order valence-electron chi connectivity index (χ4n) is 2.53. The maximum absolute atomic E-state index is 13.9. The number of benzene rings is 2. The zero-order valence-corrected chi connectivity index (χ0v) is 15.5. The Kier molecular flexibility index (Phi) is 7.53. The Balaban J connectivity index is 2.02. The molecule has 0 amide bonds. The first-order valence-corrected chi connectivity index (χ1v) is 8.66. The van der Waals surface area contributed by atoms with Gasteiger partial charge in [-0.1, -0.05) is 18.2 Å². The number of hydrogen-bond donors (Lipinski definition) is 2. The average Bonchev–Trinajstić information content (AvgIpc) is 2.59. The van der Waals surface area contributed by atoms with Crippen LogP contribution in [0.25, 0.3) is 0 Å². The molecular weight excluding hydrogens is 334 g/mol. The fraction of sp³-hybridized carbons (Fsp3) is 0.350. The van der Waals surface area contributed by atoms with Crippen molar-refractivity contribution in [2.24, 2.45) is 4.99 Å². The van der Waals surface area contributed by atoms with Crippen LogP contribution in [0, 0.1) is 11.6 Å². The normalized spacial score (nSPS) is 11.7. The molecule has 0 saturated carbocycles. The van der Waals surface area contributed by atoms with Crippen LogP contribution < -0.4 is 10.6 Å². The molecule has 0 aromatic heterocycles. The average molecular weight is 360 g/mol. The minimum atomic E-state index is -0.268. The molecule has 6 heteroatoms. The predicted octanol–water partition coefficient (Wildman–Crippen LogP) is 3.28. The molecule has 0 fully saturated rings. The molecule has 2 N–H and O–H groups in total. The van der Waals surface area contributed by atoms with Crippen LogP contribution in [0.2, 0.25) is 0 Å². The molecule has 0 saturated heterocycles. The zero-order valence-electron chi connectivity index (χ0n) is 15.5. The maximum atomic E-state index is 13.9. The Labute approximate surface area is 153 Å².